The van der Waals surface area contributed by atoms with Gasteiger partial charge in [-0.2, -0.15) is 4.39 Å². The minimum Gasteiger partial charge on any atom is -0.481 e. The van der Waals surface area contributed by atoms with Crippen molar-refractivity contribution < 1.29 is 65.0 Å². The number of anilines is 5. The van der Waals surface area contributed by atoms with Crippen molar-refractivity contribution in [2.45, 2.75) is 105 Å². The number of amides is 4. The molecule has 125 heavy (non-hydrogen) atoms. The summed E-state index contributed by atoms with van der Waals surface area (Å²) in [5.41, 5.74) is 16.6. The average Bonchev–Trinajstić information content (AvgIpc) is 0.819. The third kappa shape index (κ3) is 26.3. The fourth-order valence-electron chi connectivity index (χ4n) is 12.9. The predicted octanol–water partition coefficient (Wildman–Crippen LogP) is 23.3. The normalized spacial score (nSPS) is 10.7. The van der Waals surface area contributed by atoms with Gasteiger partial charge in [-0.1, -0.05) is 158 Å². The van der Waals surface area contributed by atoms with Crippen molar-refractivity contribution in [3.8, 4) is 50.4 Å². The van der Waals surface area contributed by atoms with E-state index in [1.807, 2.05) is 18.2 Å². The number of hydrogen-bond donors (Lipinski definition) is 1. The highest BCUT2D eigenvalue weighted by Gasteiger charge is 2.23. The number of benzene rings is 8. The largest absolute Gasteiger partial charge is 0.481 e. The Labute approximate surface area is 747 Å². The van der Waals surface area contributed by atoms with Gasteiger partial charge in [0.2, 0.25) is 35.5 Å². The fourth-order valence-corrected chi connectivity index (χ4v) is 14.2. The molecule has 2 N–H and O–H groups in total. The number of nitrogen functional groups attached to an aromatic ring is 1. The highest BCUT2D eigenvalue weighted by atomic mass is 35.5. The predicted molar refractivity (Wildman–Crippen MR) is 486 cm³/mol. The molecule has 0 bridgehead atoms. The van der Waals surface area contributed by atoms with E-state index in [1.165, 1.54) is 63.2 Å². The first-order chi connectivity index (χ1) is 59.7. The second-order valence-electron chi connectivity index (χ2n) is 28.6. The van der Waals surface area contributed by atoms with Gasteiger partial charge in [0.1, 0.15) is 34.2 Å². The van der Waals surface area contributed by atoms with Gasteiger partial charge in [0.15, 0.2) is 23.1 Å². The summed E-state index contributed by atoms with van der Waals surface area (Å²) >= 11 is 31.2. The SMILES string of the molecule is CCC(=O)N(C)c1ccc(-c2ccc(C(=O)CCc3ccc(Cl)nc3)c(Cl)c2)cc1F.CCC(=O)N(C)c1ccc(-c2ccc(C(=O)CCc3ccc(F)nc3)c(Cl)c2)cc1F.CCC(=O)N(C)c1ccc(-c2ccc(C(=O)CCc3ccc(N)nc3)c(Cl)c2)cc1F.CCC(=O)N(C)c1ccc(-c2ccc(C(=O)CCc3ccc(OC)nc3)c(Cl)c2)cc1F. The molecular formula is C97H89Cl5F5N9O9. The molecule has 12 rings (SSSR count). The number of hydrogen-bond acceptors (Lipinski definition) is 14. The molecule has 0 saturated heterocycles. The topological polar surface area (TPSA) is 236 Å². The Balaban J connectivity index is 0.000000189. The molecule has 12 aromatic rings. The van der Waals surface area contributed by atoms with Crippen molar-refractivity contribution >= 4 is 133 Å². The number of pyridine rings is 4. The zero-order valence-electron chi connectivity index (χ0n) is 69.9. The number of aryl methyl sites for hydroxylation is 4. The summed E-state index contributed by atoms with van der Waals surface area (Å²) < 4.78 is 76.3. The summed E-state index contributed by atoms with van der Waals surface area (Å²) in [6, 6.07) is 52.1. The van der Waals surface area contributed by atoms with Gasteiger partial charge in [0.25, 0.3) is 0 Å². The number of halogens is 10. The van der Waals surface area contributed by atoms with Gasteiger partial charge in [0, 0.05) is 133 Å². The summed E-state index contributed by atoms with van der Waals surface area (Å²) in [5.74, 6) is -2.77. The Kier molecular flexibility index (Phi) is 35.4. The van der Waals surface area contributed by atoms with E-state index in [4.69, 9.17) is 68.5 Å². The van der Waals surface area contributed by atoms with Gasteiger partial charge < -0.3 is 30.1 Å². The first kappa shape index (κ1) is 96.4. The number of carbonyl (C=O) groups is 8. The molecule has 4 heterocycles. The van der Waals surface area contributed by atoms with Crippen LogP contribution in [0.5, 0.6) is 5.88 Å². The van der Waals surface area contributed by atoms with E-state index in [0.29, 0.717) is 124 Å². The van der Waals surface area contributed by atoms with Crippen LogP contribution in [0.25, 0.3) is 44.5 Å². The van der Waals surface area contributed by atoms with E-state index < -0.39 is 29.2 Å². The van der Waals surface area contributed by atoms with Crippen LogP contribution in [0.4, 0.5) is 50.5 Å². The third-order valence-corrected chi connectivity index (χ3v) is 21.8. The van der Waals surface area contributed by atoms with Crippen LogP contribution in [-0.4, -0.2) is 102 Å². The molecule has 0 aliphatic rings. The molecule has 4 amide bonds. The smallest absolute Gasteiger partial charge is 0.226 e. The number of ketones is 4. The van der Waals surface area contributed by atoms with E-state index in [9.17, 15) is 60.3 Å². The molecule has 0 atom stereocenters. The molecule has 0 radical (unpaired) electrons. The lowest BCUT2D eigenvalue weighted by Crippen LogP contribution is -2.25. The molecular weight excluding hydrogens is 1710 g/mol. The van der Waals surface area contributed by atoms with Crippen molar-refractivity contribution in [1.82, 2.24) is 19.9 Å². The average molecular weight is 1800 g/mol. The van der Waals surface area contributed by atoms with Crippen molar-refractivity contribution in [2.75, 3.05) is 60.6 Å². The number of nitrogens with two attached hydrogens (primary N) is 1. The maximum Gasteiger partial charge on any atom is 0.226 e. The molecule has 8 aromatic carbocycles. The highest BCUT2D eigenvalue weighted by molar-refractivity contribution is 6.36. The molecule has 0 saturated carbocycles. The highest BCUT2D eigenvalue weighted by Crippen LogP contribution is 2.36. The van der Waals surface area contributed by atoms with Crippen LogP contribution in [0.2, 0.25) is 25.2 Å². The molecule has 0 spiro atoms. The minimum atomic E-state index is -0.568. The summed E-state index contributed by atoms with van der Waals surface area (Å²) in [5, 5.41) is 1.59. The van der Waals surface area contributed by atoms with Crippen molar-refractivity contribution in [1.29, 1.82) is 0 Å². The summed E-state index contributed by atoms with van der Waals surface area (Å²) in [6.07, 6.45) is 10.6. The summed E-state index contributed by atoms with van der Waals surface area (Å²) in [7, 11) is 7.71. The second-order valence-corrected chi connectivity index (χ2v) is 30.7. The Morgan fingerprint density at radius 2 is 0.576 bits per heavy atom. The zero-order valence-corrected chi connectivity index (χ0v) is 73.7. The molecule has 0 unspecified atom stereocenters. The molecule has 646 valence electrons. The van der Waals surface area contributed by atoms with Crippen LogP contribution in [0.3, 0.4) is 0 Å². The maximum atomic E-state index is 14.6. The number of aromatic nitrogens is 4. The summed E-state index contributed by atoms with van der Waals surface area (Å²) in [6.45, 7) is 6.89. The van der Waals surface area contributed by atoms with E-state index >= 15 is 0 Å². The standard InChI is InChI=1S/C25H24ClFN2O3.C24H21Cl2FN2O2.C24H21ClF2N2O2.C24H23ClFN3O2/c1-4-25(31)29(2)22-10-8-18(14-21(22)27)17-7-9-19(20(26)13-17)23(30)11-5-16-6-12-24(32-3)28-15-16;1-3-24(31)29(2)21-9-7-17(13-20(21)27)16-6-8-18(19(25)12-16)22(30)10-4-15-5-11-23(26)28-14-15;2*1-3-24(31)29(2)21-9-7-17(13-20(21)26)16-6-8-18(19(25)12-16)22(30)10-4-15-5-11-23(27)28-14-15/h6-10,12-15H,4-5,11H2,1-3H3;2*5-9,11-14H,3-4,10H2,1-2H3;5-9,11-14H,3-4,10H2,1-2H3,(H2,27,28). The number of methoxy groups -OCH3 is 1. The first-order valence-corrected chi connectivity index (χ1v) is 41.6. The molecule has 28 heteroatoms. The molecule has 0 fully saturated rings. The molecule has 0 aliphatic heterocycles. The summed E-state index contributed by atoms with van der Waals surface area (Å²) in [4.78, 5) is 119. The van der Waals surface area contributed by atoms with Crippen molar-refractivity contribution in [3.63, 3.8) is 0 Å². The Morgan fingerprint density at radius 3 is 0.800 bits per heavy atom. The van der Waals surface area contributed by atoms with Gasteiger partial charge >= 0.3 is 0 Å². The van der Waals surface area contributed by atoms with Crippen LogP contribution in [-0.2, 0) is 44.9 Å². The number of Topliss-reactive ketones (excluding diaryl/α,β-unsaturated/α-hetero) is 4. The molecule has 4 aromatic heterocycles. The lowest BCUT2D eigenvalue weighted by molar-refractivity contribution is -0.118. The van der Waals surface area contributed by atoms with Gasteiger partial charge in [-0.15, -0.1) is 0 Å². The monoisotopic (exact) mass is 1790 g/mol. The van der Waals surface area contributed by atoms with Crippen LogP contribution in [0, 0.1) is 29.2 Å². The van der Waals surface area contributed by atoms with E-state index in [1.54, 1.807) is 220 Å². The first-order valence-electron chi connectivity index (χ1n) is 39.7. The Morgan fingerprint density at radius 1 is 0.320 bits per heavy atom. The van der Waals surface area contributed by atoms with E-state index in [0.717, 1.165) is 22.3 Å². The van der Waals surface area contributed by atoms with Crippen LogP contribution >= 0.6 is 58.0 Å². The molecule has 0 aliphatic carbocycles. The van der Waals surface area contributed by atoms with Gasteiger partial charge in [0.05, 0.1) is 49.9 Å². The van der Waals surface area contributed by atoms with Gasteiger partial charge in [-0.3, -0.25) is 38.4 Å². The zero-order chi connectivity index (χ0) is 90.9. The van der Waals surface area contributed by atoms with E-state index in [-0.39, 0.29) is 126 Å². The van der Waals surface area contributed by atoms with Crippen LogP contribution < -0.4 is 30.1 Å². The second kappa shape index (κ2) is 45.8. The van der Waals surface area contributed by atoms with Crippen molar-refractivity contribution in [3.05, 3.63) is 318 Å². The third-order valence-electron chi connectivity index (χ3n) is 20.3. The number of nitrogens with zero attached hydrogens (tertiary/aromatic N) is 8. The number of carbonyl (C=O) groups excluding carboxylic acids is 8. The number of ether oxygens (including phenoxy) is 1. The van der Waals surface area contributed by atoms with Crippen LogP contribution in [0.15, 0.2) is 219 Å². The van der Waals surface area contributed by atoms with Crippen molar-refractivity contribution in [2.24, 2.45) is 0 Å². The molecule has 18 nitrogen and oxygen atoms in total. The fraction of sp³-hybridized carbons (Fsp3) is 0.216. The lowest BCUT2D eigenvalue weighted by atomic mass is 9.99. The van der Waals surface area contributed by atoms with E-state index in [2.05, 4.69) is 19.9 Å². The minimum absolute atomic E-state index is 0.0846. The van der Waals surface area contributed by atoms with Gasteiger partial charge in [-0.25, -0.2) is 37.5 Å². The number of rotatable bonds is 29. The lowest BCUT2D eigenvalue weighted by Gasteiger charge is -2.18. The van der Waals surface area contributed by atoms with Gasteiger partial charge in [-0.05, 0) is 208 Å². The Bertz CT molecular complexity index is 5490. The Hall–Kier alpha value is -12.4. The van der Waals surface area contributed by atoms with Crippen LogP contribution in [0.1, 0.15) is 143 Å². The maximum absolute atomic E-state index is 14.6. The quantitative estimate of drug-likeness (QED) is 0.0261.